The van der Waals surface area contributed by atoms with E-state index in [-0.39, 0.29) is 5.69 Å². The molecule has 0 aliphatic rings. The van der Waals surface area contributed by atoms with E-state index in [0.717, 1.165) is 5.76 Å². The number of carbonyl (C=O) groups is 1. The summed E-state index contributed by atoms with van der Waals surface area (Å²) in [5, 5.41) is 2.35. The summed E-state index contributed by atoms with van der Waals surface area (Å²) in [6.45, 7) is 0. The van der Waals surface area contributed by atoms with Gasteiger partial charge in [-0.25, -0.2) is 15.0 Å². The molecule has 4 N–H and O–H groups in total. The molecule has 0 aliphatic heterocycles. The Hall–Kier alpha value is -2.19. The van der Waals surface area contributed by atoms with Crippen LogP contribution in [0.25, 0.3) is 0 Å². The molecule has 0 radical (unpaired) electrons. The van der Waals surface area contributed by atoms with Crippen LogP contribution >= 0.6 is 11.8 Å². The highest BCUT2D eigenvalue weighted by Crippen LogP contribution is 2.39. The van der Waals surface area contributed by atoms with Gasteiger partial charge in [-0.15, -0.1) is 11.8 Å². The predicted molar refractivity (Wildman–Crippen MR) is 77.6 cm³/mol. The number of halogens is 1. The van der Waals surface area contributed by atoms with Crippen molar-refractivity contribution < 1.29 is 18.3 Å². The predicted octanol–water partition coefficient (Wildman–Crippen LogP) is 2.71. The van der Waals surface area contributed by atoms with E-state index in [1.807, 2.05) is 5.43 Å². The number of furan rings is 1. The maximum absolute atomic E-state index is 14.0. The van der Waals surface area contributed by atoms with Gasteiger partial charge in [0.05, 0.1) is 29.7 Å². The largest absolute Gasteiger partial charge is 0.496 e. The number of rotatable bonds is 5. The van der Waals surface area contributed by atoms with Crippen LogP contribution in [0.15, 0.2) is 39.8 Å². The van der Waals surface area contributed by atoms with Crippen LogP contribution in [0.3, 0.4) is 0 Å². The Labute approximate surface area is 124 Å². The van der Waals surface area contributed by atoms with Crippen LogP contribution in [-0.2, 0) is 5.75 Å². The van der Waals surface area contributed by atoms with E-state index < -0.39 is 11.8 Å². The minimum absolute atomic E-state index is 0.00820. The third-order valence-corrected chi connectivity index (χ3v) is 3.72. The van der Waals surface area contributed by atoms with Crippen LogP contribution < -0.4 is 21.3 Å². The summed E-state index contributed by atoms with van der Waals surface area (Å²) in [6.07, 6.45) is 1.56. The zero-order valence-corrected chi connectivity index (χ0v) is 12.0. The molecule has 8 heteroatoms. The minimum atomic E-state index is -0.720. The van der Waals surface area contributed by atoms with Gasteiger partial charge in [0.2, 0.25) is 0 Å². The first-order valence-corrected chi connectivity index (χ1v) is 6.93. The molecule has 0 unspecified atom stereocenters. The van der Waals surface area contributed by atoms with Crippen LogP contribution in [0.5, 0.6) is 5.75 Å². The number of nitrogens with one attached hydrogen (secondary N) is 2. The van der Waals surface area contributed by atoms with Crippen molar-refractivity contribution in [3.05, 3.63) is 42.1 Å². The Morgan fingerprint density at radius 2 is 2.29 bits per heavy atom. The lowest BCUT2D eigenvalue weighted by Crippen LogP contribution is -2.34. The van der Waals surface area contributed by atoms with Crippen molar-refractivity contribution in [3.63, 3.8) is 0 Å². The summed E-state index contributed by atoms with van der Waals surface area (Å²) in [6, 6.07) is 5.55. The van der Waals surface area contributed by atoms with Crippen LogP contribution in [0, 0.1) is 5.82 Å². The summed E-state index contributed by atoms with van der Waals surface area (Å²) in [5.74, 6) is 6.05. The van der Waals surface area contributed by atoms with Crippen molar-refractivity contribution in [2.45, 2.75) is 10.6 Å². The normalized spacial score (nSPS) is 10.2. The van der Waals surface area contributed by atoms with E-state index in [0.29, 0.717) is 16.4 Å². The van der Waals surface area contributed by atoms with Gasteiger partial charge in [-0.1, -0.05) is 0 Å². The Morgan fingerprint density at radius 3 is 2.90 bits per heavy atom. The third-order valence-electron chi connectivity index (χ3n) is 2.60. The van der Waals surface area contributed by atoms with Gasteiger partial charge in [0.1, 0.15) is 17.3 Å². The minimum Gasteiger partial charge on any atom is -0.496 e. The maximum atomic E-state index is 14.0. The molecule has 0 aliphatic carbocycles. The van der Waals surface area contributed by atoms with Gasteiger partial charge in [-0.2, -0.15) is 0 Å². The maximum Gasteiger partial charge on any atom is 0.333 e. The summed E-state index contributed by atoms with van der Waals surface area (Å²) in [7, 11) is 1.47. The van der Waals surface area contributed by atoms with Gasteiger partial charge < -0.3 is 14.5 Å². The monoisotopic (exact) mass is 311 g/mol. The number of urea groups is 1. The molecule has 1 heterocycles. The second kappa shape index (κ2) is 7.00. The molecule has 1 aromatic heterocycles. The van der Waals surface area contributed by atoms with E-state index >= 15 is 0 Å². The molecule has 1 aromatic carbocycles. The average Bonchev–Trinajstić information content (AvgIpc) is 3.00. The zero-order valence-electron chi connectivity index (χ0n) is 11.2. The molecule has 112 valence electrons. The van der Waals surface area contributed by atoms with Gasteiger partial charge in [-0.3, -0.25) is 5.43 Å². The second-order valence-corrected chi connectivity index (χ2v) is 4.91. The summed E-state index contributed by atoms with van der Waals surface area (Å²) in [5.41, 5.74) is 1.90. The molecule has 6 nitrogen and oxygen atoms in total. The van der Waals surface area contributed by atoms with Crippen molar-refractivity contribution >= 4 is 23.5 Å². The molecule has 0 fully saturated rings. The number of ether oxygens (including phenoxy) is 1. The molecule has 0 atom stereocenters. The quantitative estimate of drug-likeness (QED) is 0.342. The van der Waals surface area contributed by atoms with Gasteiger partial charge in [-0.05, 0) is 24.3 Å². The summed E-state index contributed by atoms with van der Waals surface area (Å²) in [4.78, 5) is 11.8. The van der Waals surface area contributed by atoms with Crippen molar-refractivity contribution in [2.24, 2.45) is 5.84 Å². The molecule has 2 aromatic rings. The van der Waals surface area contributed by atoms with E-state index in [9.17, 15) is 9.18 Å². The molecule has 2 rings (SSSR count). The highest BCUT2D eigenvalue weighted by Gasteiger charge is 2.17. The van der Waals surface area contributed by atoms with Crippen LogP contribution in [0.4, 0.5) is 14.9 Å². The lowest BCUT2D eigenvalue weighted by Gasteiger charge is -2.14. The molecule has 0 saturated heterocycles. The third kappa shape index (κ3) is 3.67. The molecule has 0 spiro atoms. The van der Waals surface area contributed by atoms with Crippen molar-refractivity contribution in [1.29, 1.82) is 0 Å². The smallest absolute Gasteiger partial charge is 0.333 e. The van der Waals surface area contributed by atoms with E-state index in [1.165, 1.54) is 31.0 Å². The fraction of sp³-hybridized carbons (Fsp3) is 0.154. The van der Waals surface area contributed by atoms with Gasteiger partial charge in [0.25, 0.3) is 0 Å². The first kappa shape index (κ1) is 15.2. The molecule has 21 heavy (non-hydrogen) atoms. The Morgan fingerprint density at radius 1 is 1.48 bits per heavy atom. The second-order valence-electron chi connectivity index (χ2n) is 3.92. The number of hydrogen-bond acceptors (Lipinski definition) is 5. The number of hydrazine groups is 1. The first-order valence-electron chi connectivity index (χ1n) is 5.95. The first-order chi connectivity index (χ1) is 10.2. The number of carbonyl (C=O) groups excluding carboxylic acids is 1. The fourth-order valence-electron chi connectivity index (χ4n) is 1.65. The number of hydrogen-bond donors (Lipinski definition) is 3. The summed E-state index contributed by atoms with van der Waals surface area (Å²) < 4.78 is 24.4. The van der Waals surface area contributed by atoms with E-state index in [4.69, 9.17) is 15.0 Å². The van der Waals surface area contributed by atoms with Crippen molar-refractivity contribution in [3.8, 4) is 5.75 Å². The Kier molecular flexibility index (Phi) is 5.07. The van der Waals surface area contributed by atoms with Crippen LogP contribution in [0.1, 0.15) is 5.76 Å². The number of nitrogens with two attached hydrogens (primary N) is 1. The standard InChI is InChI=1S/C13H14FN3O3S/c1-19-10-5-4-9(14)11(16-13(18)17-15)12(10)21-7-8-3-2-6-20-8/h2-6H,7,15H2,1H3,(H2,16,17,18). The molecule has 2 amide bonds. The van der Waals surface area contributed by atoms with E-state index in [2.05, 4.69) is 5.32 Å². The summed E-state index contributed by atoms with van der Waals surface area (Å²) >= 11 is 1.28. The van der Waals surface area contributed by atoms with Crippen LogP contribution in [-0.4, -0.2) is 13.1 Å². The van der Waals surface area contributed by atoms with Gasteiger partial charge in [0, 0.05) is 0 Å². The lowest BCUT2D eigenvalue weighted by molar-refractivity contribution is 0.252. The number of anilines is 1. The van der Waals surface area contributed by atoms with Gasteiger partial charge in [0.15, 0.2) is 0 Å². The fourth-order valence-corrected chi connectivity index (χ4v) is 2.69. The molecular formula is C13H14FN3O3S. The SMILES string of the molecule is COc1ccc(F)c(NC(=O)NN)c1SCc1ccco1. The Bertz CT molecular complexity index is 619. The Balaban J connectivity index is 2.30. The number of benzene rings is 1. The molecule has 0 bridgehead atoms. The number of methoxy groups -OCH3 is 1. The average molecular weight is 311 g/mol. The zero-order chi connectivity index (χ0) is 15.2. The topological polar surface area (TPSA) is 89.5 Å². The van der Waals surface area contributed by atoms with Crippen LogP contribution in [0.2, 0.25) is 0 Å². The lowest BCUT2D eigenvalue weighted by atomic mass is 10.3. The number of thioether (sulfide) groups is 1. The number of amides is 2. The highest BCUT2D eigenvalue weighted by molar-refractivity contribution is 7.98. The highest BCUT2D eigenvalue weighted by atomic mass is 32.2. The van der Waals surface area contributed by atoms with Gasteiger partial charge >= 0.3 is 6.03 Å². The molecule has 0 saturated carbocycles. The van der Waals surface area contributed by atoms with E-state index in [1.54, 1.807) is 18.4 Å². The van der Waals surface area contributed by atoms with Crippen molar-refractivity contribution in [2.75, 3.05) is 12.4 Å². The molecular weight excluding hydrogens is 297 g/mol. The van der Waals surface area contributed by atoms with Crippen molar-refractivity contribution in [1.82, 2.24) is 5.43 Å².